The maximum absolute atomic E-state index is 13.5. The number of rotatable bonds is 7. The van der Waals surface area contributed by atoms with Crippen molar-refractivity contribution < 1.29 is 33.7 Å². The van der Waals surface area contributed by atoms with Crippen LogP contribution in [0, 0.1) is 5.92 Å². The van der Waals surface area contributed by atoms with E-state index in [9.17, 15) is 19.5 Å². The molecular formula is C21H33NO7S. The fourth-order valence-corrected chi connectivity index (χ4v) is 5.06. The van der Waals surface area contributed by atoms with E-state index in [2.05, 4.69) is 5.32 Å². The number of hydrogen-bond acceptors (Lipinski definition) is 8. The van der Waals surface area contributed by atoms with Crippen LogP contribution in [0.4, 0.5) is 0 Å². The summed E-state index contributed by atoms with van der Waals surface area (Å²) in [7, 11) is 0. The van der Waals surface area contributed by atoms with Crippen LogP contribution in [0.15, 0.2) is 12.2 Å². The van der Waals surface area contributed by atoms with Crippen molar-refractivity contribution in [1.29, 1.82) is 0 Å². The van der Waals surface area contributed by atoms with Gasteiger partial charge in [0.2, 0.25) is 5.91 Å². The van der Waals surface area contributed by atoms with Crippen LogP contribution in [0.1, 0.15) is 48.5 Å². The minimum atomic E-state index is -1.45. The zero-order valence-electron chi connectivity index (χ0n) is 18.7. The number of carbonyl (C=O) groups is 3. The SMILES string of the molecule is CC(=O)NC[C@@]12C=C[C@@H](O1)[C@](SCCO)(C(=O)OC(C)(C)C)[C@@H]2C(=O)OC(C)(C)C. The fourth-order valence-electron chi connectivity index (χ4n) is 3.72. The molecule has 2 rings (SSSR count). The van der Waals surface area contributed by atoms with Crippen molar-refractivity contribution in [2.45, 2.75) is 76.1 Å². The van der Waals surface area contributed by atoms with Crippen LogP contribution in [-0.2, 0) is 28.6 Å². The molecule has 0 aromatic rings. The molecule has 0 aliphatic carbocycles. The summed E-state index contributed by atoms with van der Waals surface area (Å²) in [5.41, 5.74) is -2.84. The Labute approximate surface area is 182 Å². The van der Waals surface area contributed by atoms with Crippen LogP contribution < -0.4 is 5.32 Å². The zero-order chi connectivity index (χ0) is 23.0. The summed E-state index contributed by atoms with van der Waals surface area (Å²) in [6, 6.07) is 0. The van der Waals surface area contributed by atoms with Crippen molar-refractivity contribution in [3.05, 3.63) is 12.2 Å². The van der Waals surface area contributed by atoms with E-state index < -0.39 is 45.5 Å². The lowest BCUT2D eigenvalue weighted by Gasteiger charge is -2.41. The molecule has 4 atom stereocenters. The van der Waals surface area contributed by atoms with Gasteiger partial charge in [-0.2, -0.15) is 0 Å². The van der Waals surface area contributed by atoms with E-state index in [0.29, 0.717) is 0 Å². The van der Waals surface area contributed by atoms with E-state index in [1.54, 1.807) is 53.7 Å². The van der Waals surface area contributed by atoms with Crippen LogP contribution in [0.2, 0.25) is 0 Å². The summed E-state index contributed by atoms with van der Waals surface area (Å²) in [6.07, 6.45) is 2.66. The van der Waals surface area contributed by atoms with Gasteiger partial charge in [0.05, 0.1) is 13.2 Å². The second-order valence-corrected chi connectivity index (χ2v) is 11.0. The molecule has 0 unspecified atom stereocenters. The van der Waals surface area contributed by atoms with Crippen LogP contribution in [0.5, 0.6) is 0 Å². The largest absolute Gasteiger partial charge is 0.460 e. The predicted molar refractivity (Wildman–Crippen MR) is 113 cm³/mol. The molecule has 30 heavy (non-hydrogen) atoms. The Balaban J connectivity index is 2.58. The zero-order valence-corrected chi connectivity index (χ0v) is 19.6. The predicted octanol–water partition coefficient (Wildman–Crippen LogP) is 1.59. The van der Waals surface area contributed by atoms with Gasteiger partial charge in [-0.3, -0.25) is 14.4 Å². The van der Waals surface area contributed by atoms with Crippen molar-refractivity contribution >= 4 is 29.6 Å². The molecule has 2 aliphatic rings. The van der Waals surface area contributed by atoms with Gasteiger partial charge in [-0.25, -0.2) is 0 Å². The molecule has 1 amide bonds. The highest BCUT2D eigenvalue weighted by atomic mass is 32.2. The van der Waals surface area contributed by atoms with Gasteiger partial charge in [0.1, 0.15) is 28.8 Å². The Kier molecular flexibility index (Phi) is 7.00. The Bertz CT molecular complexity index is 724. The fraction of sp³-hybridized carbons (Fsp3) is 0.762. The number of thioether (sulfide) groups is 1. The van der Waals surface area contributed by atoms with Gasteiger partial charge in [0.15, 0.2) is 4.75 Å². The normalized spacial score (nSPS) is 30.3. The summed E-state index contributed by atoms with van der Waals surface area (Å²) in [5, 5.41) is 12.2. The molecule has 1 saturated heterocycles. The van der Waals surface area contributed by atoms with Gasteiger partial charge < -0.3 is 24.6 Å². The lowest BCUT2D eigenvalue weighted by molar-refractivity contribution is -0.171. The van der Waals surface area contributed by atoms with E-state index in [1.807, 2.05) is 0 Å². The van der Waals surface area contributed by atoms with Gasteiger partial charge in [0, 0.05) is 12.7 Å². The molecular weight excluding hydrogens is 410 g/mol. The Morgan fingerprint density at radius 3 is 2.23 bits per heavy atom. The molecule has 8 nitrogen and oxygen atoms in total. The van der Waals surface area contributed by atoms with Gasteiger partial charge in [0.25, 0.3) is 0 Å². The van der Waals surface area contributed by atoms with Gasteiger partial charge in [-0.15, -0.1) is 11.8 Å². The third-order valence-corrected chi connectivity index (χ3v) is 6.14. The lowest BCUT2D eigenvalue weighted by Crippen LogP contribution is -2.60. The van der Waals surface area contributed by atoms with Gasteiger partial charge in [-0.1, -0.05) is 12.2 Å². The van der Waals surface area contributed by atoms with Crippen molar-refractivity contribution in [2.75, 3.05) is 18.9 Å². The second kappa shape index (κ2) is 8.51. The Hall–Kier alpha value is -1.58. The average molecular weight is 444 g/mol. The number of aliphatic hydroxyl groups is 1. The highest BCUT2D eigenvalue weighted by Gasteiger charge is 2.73. The standard InChI is InChI=1S/C21H33NO7S/c1-13(24)22-12-20-9-8-14(27-20)21(30-11-10-23,17(26)29-19(5,6)7)15(20)16(25)28-18(2,3)4/h8-9,14-15,23H,10-12H2,1-7H3,(H,22,24)/t14-,15-,20-,21-/m1/s1. The summed E-state index contributed by atoms with van der Waals surface area (Å²) < 4.78 is 16.1. The smallest absolute Gasteiger partial charge is 0.326 e. The van der Waals surface area contributed by atoms with Crippen molar-refractivity contribution in [3.63, 3.8) is 0 Å². The summed E-state index contributed by atoms with van der Waals surface area (Å²) in [5.74, 6) is -2.38. The number of ether oxygens (including phenoxy) is 3. The van der Waals surface area contributed by atoms with Crippen LogP contribution >= 0.6 is 11.8 Å². The number of fused-ring (bicyclic) bond motifs is 2. The highest BCUT2D eigenvalue weighted by molar-refractivity contribution is 8.01. The first-order valence-electron chi connectivity index (χ1n) is 9.99. The van der Waals surface area contributed by atoms with E-state index >= 15 is 0 Å². The van der Waals surface area contributed by atoms with Gasteiger partial charge in [-0.05, 0) is 41.5 Å². The average Bonchev–Trinajstić information content (AvgIpc) is 3.10. The third-order valence-electron chi connectivity index (χ3n) is 4.65. The van der Waals surface area contributed by atoms with Crippen molar-refractivity contribution in [2.24, 2.45) is 5.92 Å². The molecule has 2 aliphatic heterocycles. The topological polar surface area (TPSA) is 111 Å². The molecule has 1 fully saturated rings. The lowest BCUT2D eigenvalue weighted by atomic mass is 9.74. The summed E-state index contributed by atoms with van der Waals surface area (Å²) in [6.45, 7) is 11.6. The number of esters is 2. The molecule has 9 heteroatoms. The summed E-state index contributed by atoms with van der Waals surface area (Å²) >= 11 is 1.12. The molecule has 0 spiro atoms. The first kappa shape index (κ1) is 24.7. The number of aliphatic hydroxyl groups excluding tert-OH is 1. The maximum Gasteiger partial charge on any atom is 0.326 e. The van der Waals surface area contributed by atoms with E-state index in [4.69, 9.17) is 14.2 Å². The molecule has 0 radical (unpaired) electrons. The van der Waals surface area contributed by atoms with Crippen LogP contribution in [0.25, 0.3) is 0 Å². The minimum absolute atomic E-state index is 0.00345. The monoisotopic (exact) mass is 443 g/mol. The molecule has 0 aromatic carbocycles. The van der Waals surface area contributed by atoms with E-state index in [-0.39, 0.29) is 24.8 Å². The molecule has 2 bridgehead atoms. The van der Waals surface area contributed by atoms with Crippen molar-refractivity contribution in [1.82, 2.24) is 5.32 Å². The van der Waals surface area contributed by atoms with Crippen molar-refractivity contribution in [3.8, 4) is 0 Å². The molecule has 2 heterocycles. The number of amides is 1. The number of nitrogens with one attached hydrogen (secondary N) is 1. The minimum Gasteiger partial charge on any atom is -0.460 e. The third kappa shape index (κ3) is 5.00. The molecule has 0 saturated carbocycles. The number of hydrogen-bond donors (Lipinski definition) is 2. The summed E-state index contributed by atoms with van der Waals surface area (Å²) in [4.78, 5) is 38.5. The second-order valence-electron chi connectivity index (χ2n) is 9.60. The quantitative estimate of drug-likeness (QED) is 0.451. The molecule has 170 valence electrons. The maximum atomic E-state index is 13.5. The van der Waals surface area contributed by atoms with E-state index in [1.165, 1.54) is 6.92 Å². The molecule has 0 aromatic heterocycles. The highest BCUT2D eigenvalue weighted by Crippen LogP contribution is 2.57. The Morgan fingerprint density at radius 1 is 1.13 bits per heavy atom. The molecule has 2 N–H and O–H groups in total. The first-order valence-corrected chi connectivity index (χ1v) is 11.0. The Morgan fingerprint density at radius 2 is 1.73 bits per heavy atom. The first-order chi connectivity index (χ1) is 13.7. The number of carbonyl (C=O) groups excluding carboxylic acids is 3. The van der Waals surface area contributed by atoms with Crippen LogP contribution in [-0.4, -0.2) is 69.5 Å². The van der Waals surface area contributed by atoms with Crippen LogP contribution in [0.3, 0.4) is 0 Å². The van der Waals surface area contributed by atoms with E-state index in [0.717, 1.165) is 11.8 Å². The van der Waals surface area contributed by atoms with Gasteiger partial charge >= 0.3 is 11.9 Å².